The summed E-state index contributed by atoms with van der Waals surface area (Å²) in [5, 5.41) is 1.87. The Kier molecular flexibility index (Phi) is 6.38. The number of hydrogen-bond donors (Lipinski definition) is 0. The molecule has 0 aliphatic carbocycles. The molecule has 0 bridgehead atoms. The molecule has 1 amide bonds. The minimum absolute atomic E-state index is 0.0190. The lowest BCUT2D eigenvalue weighted by molar-refractivity contribution is -0.151. The quantitative estimate of drug-likeness (QED) is 0.694. The number of ether oxygens (including phenoxy) is 1. The molecule has 4 nitrogen and oxygen atoms in total. The Labute approximate surface area is 162 Å². The molecule has 0 N–H and O–H groups in total. The third-order valence-corrected chi connectivity index (χ3v) is 6.42. The highest BCUT2D eigenvalue weighted by Gasteiger charge is 2.42. The summed E-state index contributed by atoms with van der Waals surface area (Å²) in [5.41, 5.74) is 1.24. The zero-order chi connectivity index (χ0) is 18.5. The lowest BCUT2D eigenvalue weighted by Gasteiger charge is -2.28. The fraction of sp³-hybridized carbons (Fsp3) is 0.400. The Morgan fingerprint density at radius 2 is 1.96 bits per heavy atom. The third kappa shape index (κ3) is 4.48. The number of carbonyl (C=O) groups is 2. The molecule has 0 radical (unpaired) electrons. The minimum atomic E-state index is -0.516. The van der Waals surface area contributed by atoms with Crippen molar-refractivity contribution in [1.29, 1.82) is 0 Å². The standard InChI is InChI=1S/C20H23NO3S2/c1-14(2)24-20(23)16-13-26-18(11-10-15-7-4-3-5-8-15)21(16)19(22)17-9-6-12-25-17/h3-9,12,14,16,18H,10-11,13H2,1-2H3/t16-,18-/m0/s1. The molecular formula is C20H23NO3S2. The van der Waals surface area contributed by atoms with E-state index in [1.54, 1.807) is 16.7 Å². The van der Waals surface area contributed by atoms with E-state index in [2.05, 4.69) is 12.1 Å². The van der Waals surface area contributed by atoms with Crippen LogP contribution in [0.1, 0.15) is 35.5 Å². The minimum Gasteiger partial charge on any atom is -0.461 e. The molecule has 1 aliphatic heterocycles. The normalized spacial score (nSPS) is 19.7. The van der Waals surface area contributed by atoms with Gasteiger partial charge in [0.2, 0.25) is 0 Å². The van der Waals surface area contributed by atoms with Crippen LogP contribution in [0.3, 0.4) is 0 Å². The number of aryl methyl sites for hydroxylation is 1. The highest BCUT2D eigenvalue weighted by atomic mass is 32.2. The summed E-state index contributed by atoms with van der Waals surface area (Å²) in [6.07, 6.45) is 1.50. The Morgan fingerprint density at radius 3 is 2.62 bits per heavy atom. The first-order valence-electron chi connectivity index (χ1n) is 8.78. The van der Waals surface area contributed by atoms with Gasteiger partial charge in [0.25, 0.3) is 5.91 Å². The van der Waals surface area contributed by atoms with Crippen LogP contribution >= 0.6 is 23.1 Å². The van der Waals surface area contributed by atoms with E-state index in [1.165, 1.54) is 16.9 Å². The van der Waals surface area contributed by atoms with Crippen molar-refractivity contribution in [3.8, 4) is 0 Å². The maximum atomic E-state index is 13.0. The third-order valence-electron chi connectivity index (χ3n) is 4.21. The molecule has 26 heavy (non-hydrogen) atoms. The predicted molar refractivity (Wildman–Crippen MR) is 107 cm³/mol. The van der Waals surface area contributed by atoms with Crippen LogP contribution in [0.15, 0.2) is 47.8 Å². The lowest BCUT2D eigenvalue weighted by Crippen LogP contribution is -2.46. The molecule has 0 unspecified atom stereocenters. The van der Waals surface area contributed by atoms with Crippen LogP contribution in [-0.4, -0.2) is 40.0 Å². The van der Waals surface area contributed by atoms with Crippen molar-refractivity contribution in [3.05, 3.63) is 58.3 Å². The first kappa shape index (κ1) is 19.0. The predicted octanol–water partition coefficient (Wildman–Crippen LogP) is 4.22. The molecule has 1 fully saturated rings. The first-order valence-corrected chi connectivity index (χ1v) is 10.7. The average Bonchev–Trinajstić information content (AvgIpc) is 3.29. The summed E-state index contributed by atoms with van der Waals surface area (Å²) in [6.45, 7) is 3.66. The van der Waals surface area contributed by atoms with Crippen molar-refractivity contribution in [2.75, 3.05) is 5.75 Å². The van der Waals surface area contributed by atoms with Gasteiger partial charge < -0.3 is 9.64 Å². The van der Waals surface area contributed by atoms with E-state index < -0.39 is 6.04 Å². The van der Waals surface area contributed by atoms with Gasteiger partial charge in [0, 0.05) is 5.75 Å². The van der Waals surface area contributed by atoms with E-state index in [4.69, 9.17) is 4.74 Å². The van der Waals surface area contributed by atoms with E-state index in [9.17, 15) is 9.59 Å². The number of esters is 1. The Balaban J connectivity index is 1.76. The first-order chi connectivity index (χ1) is 12.6. The summed E-state index contributed by atoms with van der Waals surface area (Å²) in [7, 11) is 0. The molecule has 2 heterocycles. The second kappa shape index (κ2) is 8.73. The number of benzene rings is 1. The number of amides is 1. The summed E-state index contributed by atoms with van der Waals surface area (Å²) in [6, 6.07) is 13.4. The molecule has 1 aliphatic rings. The second-order valence-corrected chi connectivity index (χ2v) is 8.66. The van der Waals surface area contributed by atoms with E-state index in [-0.39, 0.29) is 23.4 Å². The van der Waals surface area contributed by atoms with Gasteiger partial charge in [-0.15, -0.1) is 23.1 Å². The Hall–Kier alpha value is -1.79. The van der Waals surface area contributed by atoms with Crippen molar-refractivity contribution in [2.24, 2.45) is 0 Å². The number of nitrogens with zero attached hydrogens (tertiary/aromatic N) is 1. The molecule has 1 aromatic carbocycles. The number of hydrogen-bond acceptors (Lipinski definition) is 5. The van der Waals surface area contributed by atoms with E-state index >= 15 is 0 Å². The molecule has 3 rings (SSSR count). The monoisotopic (exact) mass is 389 g/mol. The Morgan fingerprint density at radius 1 is 1.19 bits per heavy atom. The van der Waals surface area contributed by atoms with Crippen LogP contribution in [0.4, 0.5) is 0 Å². The van der Waals surface area contributed by atoms with E-state index in [0.717, 1.165) is 12.8 Å². The van der Waals surface area contributed by atoms with Gasteiger partial charge in [0.15, 0.2) is 0 Å². The van der Waals surface area contributed by atoms with Gasteiger partial charge >= 0.3 is 5.97 Å². The van der Waals surface area contributed by atoms with Gasteiger partial charge in [0.1, 0.15) is 6.04 Å². The van der Waals surface area contributed by atoms with E-state index in [0.29, 0.717) is 10.6 Å². The molecule has 0 spiro atoms. The number of carbonyl (C=O) groups excluding carboxylic acids is 2. The number of thioether (sulfide) groups is 1. The molecule has 2 aromatic rings. The summed E-state index contributed by atoms with van der Waals surface area (Å²) < 4.78 is 5.40. The molecular weight excluding hydrogens is 366 g/mol. The van der Waals surface area contributed by atoms with Crippen LogP contribution in [-0.2, 0) is 16.0 Å². The van der Waals surface area contributed by atoms with Gasteiger partial charge in [-0.1, -0.05) is 36.4 Å². The molecule has 6 heteroatoms. The number of thiophene rings is 1. The lowest BCUT2D eigenvalue weighted by atomic mass is 10.1. The molecule has 2 atom stereocenters. The average molecular weight is 390 g/mol. The van der Waals surface area contributed by atoms with Gasteiger partial charge in [-0.3, -0.25) is 4.79 Å². The summed E-state index contributed by atoms with van der Waals surface area (Å²) >= 11 is 3.08. The van der Waals surface area contributed by atoms with Crippen LogP contribution in [0.2, 0.25) is 0 Å². The van der Waals surface area contributed by atoms with Crippen LogP contribution in [0, 0.1) is 0 Å². The number of rotatable bonds is 6. The zero-order valence-corrected chi connectivity index (χ0v) is 16.6. The molecule has 138 valence electrons. The van der Waals surface area contributed by atoms with Crippen molar-refractivity contribution < 1.29 is 14.3 Å². The van der Waals surface area contributed by atoms with Gasteiger partial charge in [-0.25, -0.2) is 4.79 Å². The van der Waals surface area contributed by atoms with Gasteiger partial charge in [0.05, 0.1) is 16.4 Å². The highest BCUT2D eigenvalue weighted by Crippen LogP contribution is 2.35. The maximum Gasteiger partial charge on any atom is 0.330 e. The van der Waals surface area contributed by atoms with Crippen molar-refractivity contribution in [2.45, 2.75) is 44.2 Å². The fourth-order valence-electron chi connectivity index (χ4n) is 3.01. The van der Waals surface area contributed by atoms with E-state index in [1.807, 2.05) is 49.6 Å². The fourth-order valence-corrected chi connectivity index (χ4v) is 5.07. The van der Waals surface area contributed by atoms with Crippen molar-refractivity contribution in [1.82, 2.24) is 4.90 Å². The van der Waals surface area contributed by atoms with Crippen LogP contribution in [0.25, 0.3) is 0 Å². The van der Waals surface area contributed by atoms with Crippen LogP contribution < -0.4 is 0 Å². The molecule has 0 saturated carbocycles. The summed E-state index contributed by atoms with van der Waals surface area (Å²) in [4.78, 5) is 28.0. The topological polar surface area (TPSA) is 46.6 Å². The smallest absolute Gasteiger partial charge is 0.330 e. The highest BCUT2D eigenvalue weighted by molar-refractivity contribution is 8.00. The Bertz CT molecular complexity index is 731. The largest absolute Gasteiger partial charge is 0.461 e. The second-order valence-electron chi connectivity index (χ2n) is 6.50. The summed E-state index contributed by atoms with van der Waals surface area (Å²) in [5.74, 6) is 0.204. The van der Waals surface area contributed by atoms with Crippen LogP contribution in [0.5, 0.6) is 0 Å². The maximum absolute atomic E-state index is 13.0. The molecule has 1 saturated heterocycles. The molecule has 1 aromatic heterocycles. The van der Waals surface area contributed by atoms with Gasteiger partial charge in [-0.05, 0) is 43.7 Å². The van der Waals surface area contributed by atoms with Crippen molar-refractivity contribution >= 4 is 35.0 Å². The zero-order valence-electron chi connectivity index (χ0n) is 15.0. The van der Waals surface area contributed by atoms with Gasteiger partial charge in [-0.2, -0.15) is 0 Å². The van der Waals surface area contributed by atoms with Crippen molar-refractivity contribution in [3.63, 3.8) is 0 Å². The SMILES string of the molecule is CC(C)OC(=O)[C@@H]1CS[C@@H](CCc2ccccc2)N1C(=O)c1cccs1.